The first kappa shape index (κ1) is 14.1. The lowest BCUT2D eigenvalue weighted by molar-refractivity contribution is -0.118. The van der Waals surface area contributed by atoms with E-state index in [1.807, 2.05) is 32.0 Å². The first-order chi connectivity index (χ1) is 10.5. The fourth-order valence-corrected chi connectivity index (χ4v) is 2.34. The molecule has 0 unspecified atom stereocenters. The number of benzene rings is 2. The minimum atomic E-state index is -0.203. The summed E-state index contributed by atoms with van der Waals surface area (Å²) in [6.45, 7) is 3.86. The summed E-state index contributed by atoms with van der Waals surface area (Å²) in [5, 5.41) is 5.56. The van der Waals surface area contributed by atoms with Gasteiger partial charge in [-0.1, -0.05) is 17.7 Å². The van der Waals surface area contributed by atoms with Crippen LogP contribution in [0.15, 0.2) is 36.4 Å². The summed E-state index contributed by atoms with van der Waals surface area (Å²) in [7, 11) is 0. The molecule has 112 valence electrons. The Morgan fingerprint density at radius 1 is 1.18 bits per heavy atom. The predicted octanol–water partition coefficient (Wildman–Crippen LogP) is 2.89. The van der Waals surface area contributed by atoms with Crippen LogP contribution in [0, 0.1) is 13.8 Å². The van der Waals surface area contributed by atoms with Crippen molar-refractivity contribution in [2.45, 2.75) is 13.8 Å². The van der Waals surface area contributed by atoms with Gasteiger partial charge in [0.2, 0.25) is 0 Å². The number of amides is 2. The van der Waals surface area contributed by atoms with Crippen molar-refractivity contribution in [3.8, 4) is 5.75 Å². The zero-order valence-corrected chi connectivity index (χ0v) is 12.4. The standard InChI is InChI=1S/C17H16N2O3/c1-10-3-4-11(2)13(7-10)17(21)18-12-5-6-15-14(8-12)19-16(20)9-22-15/h3-8H,9H2,1-2H3,(H,18,21)(H,19,20). The lowest BCUT2D eigenvalue weighted by atomic mass is 10.0. The van der Waals surface area contributed by atoms with Crippen molar-refractivity contribution >= 4 is 23.2 Å². The third-order valence-corrected chi connectivity index (χ3v) is 3.51. The third-order valence-electron chi connectivity index (χ3n) is 3.51. The van der Waals surface area contributed by atoms with Gasteiger partial charge in [0.15, 0.2) is 6.61 Å². The van der Waals surface area contributed by atoms with Gasteiger partial charge in [-0.2, -0.15) is 0 Å². The van der Waals surface area contributed by atoms with Crippen LogP contribution in [0.5, 0.6) is 5.75 Å². The lowest BCUT2D eigenvalue weighted by Gasteiger charge is -2.18. The zero-order valence-electron chi connectivity index (χ0n) is 12.4. The summed E-state index contributed by atoms with van der Waals surface area (Å²) >= 11 is 0. The number of aryl methyl sites for hydroxylation is 2. The molecule has 2 N–H and O–H groups in total. The maximum absolute atomic E-state index is 12.4. The molecule has 0 bridgehead atoms. The van der Waals surface area contributed by atoms with Crippen LogP contribution >= 0.6 is 0 Å². The van der Waals surface area contributed by atoms with Gasteiger partial charge in [0.1, 0.15) is 5.75 Å². The van der Waals surface area contributed by atoms with Crippen LogP contribution in [0.2, 0.25) is 0 Å². The Bertz CT molecular complexity index is 768. The summed E-state index contributed by atoms with van der Waals surface area (Å²) in [5.41, 5.74) is 3.75. The van der Waals surface area contributed by atoms with Gasteiger partial charge in [0, 0.05) is 11.3 Å². The summed E-state index contributed by atoms with van der Waals surface area (Å²) in [4.78, 5) is 23.7. The summed E-state index contributed by atoms with van der Waals surface area (Å²) < 4.78 is 5.29. The highest BCUT2D eigenvalue weighted by molar-refractivity contribution is 6.06. The zero-order chi connectivity index (χ0) is 15.7. The van der Waals surface area contributed by atoms with Gasteiger partial charge in [0.05, 0.1) is 5.69 Å². The van der Waals surface area contributed by atoms with Crippen LogP contribution in [0.4, 0.5) is 11.4 Å². The molecule has 22 heavy (non-hydrogen) atoms. The lowest BCUT2D eigenvalue weighted by Crippen LogP contribution is -2.25. The van der Waals surface area contributed by atoms with Crippen LogP contribution in [0.1, 0.15) is 21.5 Å². The predicted molar refractivity (Wildman–Crippen MR) is 84.4 cm³/mol. The van der Waals surface area contributed by atoms with Crippen LogP contribution < -0.4 is 15.4 Å². The van der Waals surface area contributed by atoms with Gasteiger partial charge in [-0.25, -0.2) is 0 Å². The highest BCUT2D eigenvalue weighted by Crippen LogP contribution is 2.30. The van der Waals surface area contributed by atoms with E-state index in [-0.39, 0.29) is 18.4 Å². The Morgan fingerprint density at radius 2 is 2.00 bits per heavy atom. The molecule has 5 heteroatoms. The second-order valence-corrected chi connectivity index (χ2v) is 5.32. The summed E-state index contributed by atoms with van der Waals surface area (Å²) in [5.74, 6) is 0.221. The quantitative estimate of drug-likeness (QED) is 0.895. The molecule has 0 radical (unpaired) electrons. The minimum Gasteiger partial charge on any atom is -0.482 e. The molecular weight excluding hydrogens is 280 g/mol. The fraction of sp³-hybridized carbons (Fsp3) is 0.176. The van der Waals surface area contributed by atoms with Gasteiger partial charge < -0.3 is 15.4 Å². The summed E-state index contributed by atoms with van der Waals surface area (Å²) in [6.07, 6.45) is 0. The van der Waals surface area contributed by atoms with Crippen molar-refractivity contribution in [3.63, 3.8) is 0 Å². The number of hydrogen-bond donors (Lipinski definition) is 2. The number of ether oxygens (including phenoxy) is 1. The molecule has 0 saturated carbocycles. The van der Waals surface area contributed by atoms with E-state index < -0.39 is 0 Å². The van der Waals surface area contributed by atoms with Crippen LogP contribution in [-0.2, 0) is 4.79 Å². The first-order valence-electron chi connectivity index (χ1n) is 6.98. The Balaban J connectivity index is 1.84. The minimum absolute atomic E-state index is 0.0151. The Labute approximate surface area is 128 Å². The first-order valence-corrected chi connectivity index (χ1v) is 6.98. The number of fused-ring (bicyclic) bond motifs is 1. The van der Waals surface area contributed by atoms with Gasteiger partial charge in [0.25, 0.3) is 11.8 Å². The van der Waals surface area contributed by atoms with Crippen molar-refractivity contribution < 1.29 is 14.3 Å². The van der Waals surface area contributed by atoms with Crippen LogP contribution in [0.25, 0.3) is 0 Å². The van der Waals surface area contributed by atoms with Gasteiger partial charge in [-0.05, 0) is 43.7 Å². The van der Waals surface area contributed by atoms with E-state index in [2.05, 4.69) is 10.6 Å². The van der Waals surface area contributed by atoms with E-state index in [0.29, 0.717) is 22.7 Å². The van der Waals surface area contributed by atoms with Crippen molar-refractivity contribution in [2.75, 3.05) is 17.2 Å². The SMILES string of the molecule is Cc1ccc(C)c(C(=O)Nc2ccc3c(c2)NC(=O)CO3)c1. The number of carbonyl (C=O) groups is 2. The fourth-order valence-electron chi connectivity index (χ4n) is 2.34. The molecule has 0 fully saturated rings. The van der Waals surface area contributed by atoms with E-state index in [1.165, 1.54) is 0 Å². The normalized spacial score (nSPS) is 12.9. The van der Waals surface area contributed by atoms with E-state index in [1.54, 1.807) is 18.2 Å². The molecule has 2 amide bonds. The average molecular weight is 296 g/mol. The number of rotatable bonds is 2. The van der Waals surface area contributed by atoms with Crippen LogP contribution in [-0.4, -0.2) is 18.4 Å². The van der Waals surface area contributed by atoms with Crippen molar-refractivity contribution in [3.05, 3.63) is 53.1 Å². The highest BCUT2D eigenvalue weighted by Gasteiger charge is 2.17. The maximum Gasteiger partial charge on any atom is 0.262 e. The smallest absolute Gasteiger partial charge is 0.262 e. The largest absolute Gasteiger partial charge is 0.482 e. The Kier molecular flexibility index (Phi) is 3.55. The average Bonchev–Trinajstić information content (AvgIpc) is 2.49. The molecule has 5 nitrogen and oxygen atoms in total. The molecule has 0 aliphatic carbocycles. The molecule has 0 aromatic heterocycles. The molecule has 1 aliphatic rings. The molecular formula is C17H16N2O3. The Hall–Kier alpha value is -2.82. The molecule has 1 aliphatic heterocycles. The van der Waals surface area contributed by atoms with E-state index in [4.69, 9.17) is 4.74 Å². The highest BCUT2D eigenvalue weighted by atomic mass is 16.5. The molecule has 3 rings (SSSR count). The Morgan fingerprint density at radius 3 is 2.82 bits per heavy atom. The van der Waals surface area contributed by atoms with Crippen molar-refractivity contribution in [1.29, 1.82) is 0 Å². The van der Waals surface area contributed by atoms with Crippen molar-refractivity contribution in [2.24, 2.45) is 0 Å². The molecule has 0 saturated heterocycles. The van der Waals surface area contributed by atoms with E-state index in [0.717, 1.165) is 11.1 Å². The van der Waals surface area contributed by atoms with Gasteiger partial charge in [-0.15, -0.1) is 0 Å². The van der Waals surface area contributed by atoms with Gasteiger partial charge in [-0.3, -0.25) is 9.59 Å². The molecule has 2 aromatic carbocycles. The number of anilines is 2. The van der Waals surface area contributed by atoms with Crippen molar-refractivity contribution in [1.82, 2.24) is 0 Å². The van der Waals surface area contributed by atoms with Gasteiger partial charge >= 0.3 is 0 Å². The number of nitrogens with one attached hydrogen (secondary N) is 2. The second kappa shape index (κ2) is 5.52. The molecule has 0 atom stereocenters. The molecule has 0 spiro atoms. The van der Waals surface area contributed by atoms with E-state index in [9.17, 15) is 9.59 Å². The maximum atomic E-state index is 12.4. The molecule has 2 aromatic rings. The number of carbonyl (C=O) groups excluding carboxylic acids is 2. The molecule has 1 heterocycles. The summed E-state index contributed by atoms with van der Waals surface area (Å²) in [6, 6.07) is 10.9. The topological polar surface area (TPSA) is 67.4 Å². The monoisotopic (exact) mass is 296 g/mol. The van der Waals surface area contributed by atoms with Crippen LogP contribution in [0.3, 0.4) is 0 Å². The number of hydrogen-bond acceptors (Lipinski definition) is 3. The third kappa shape index (κ3) is 2.79. The second-order valence-electron chi connectivity index (χ2n) is 5.32. The van der Waals surface area contributed by atoms with E-state index >= 15 is 0 Å².